The van der Waals surface area contributed by atoms with E-state index in [4.69, 9.17) is 14.9 Å². The number of unbranched alkanes of at least 4 members (excludes halogenated alkanes) is 1. The summed E-state index contributed by atoms with van der Waals surface area (Å²) in [6.45, 7) is 2.67. The Labute approximate surface area is 205 Å². The maximum absolute atomic E-state index is 11.4. The molecule has 1 aromatic heterocycles. The summed E-state index contributed by atoms with van der Waals surface area (Å²) in [7, 11) is 1.56. The average Bonchev–Trinajstić information content (AvgIpc) is 2.82. The Morgan fingerprint density at radius 1 is 1.06 bits per heavy atom. The van der Waals surface area contributed by atoms with Crippen molar-refractivity contribution >= 4 is 35.4 Å². The molecule has 0 saturated carbocycles. The highest BCUT2D eigenvalue weighted by atomic mass is 35.5. The molecule has 184 valence electrons. The van der Waals surface area contributed by atoms with Crippen LogP contribution in [0.5, 0.6) is 0 Å². The van der Waals surface area contributed by atoms with Crippen molar-refractivity contribution in [3.63, 3.8) is 0 Å². The number of ether oxygens (including phenoxy) is 1. The Hall–Kier alpha value is -3.36. The molecule has 0 aliphatic carbocycles. The zero-order chi connectivity index (χ0) is 24.1. The van der Waals surface area contributed by atoms with Gasteiger partial charge >= 0.3 is 11.7 Å². The lowest BCUT2D eigenvalue weighted by Gasteiger charge is -2.10. The lowest BCUT2D eigenvalue weighted by molar-refractivity contribution is -0.122. The van der Waals surface area contributed by atoms with E-state index in [9.17, 15) is 14.4 Å². The van der Waals surface area contributed by atoms with Crippen molar-refractivity contribution in [2.45, 2.75) is 38.8 Å². The molecule has 2 amide bonds. The molecule has 0 spiro atoms. The number of rotatable bonds is 8. The van der Waals surface area contributed by atoms with Crippen molar-refractivity contribution in [2.24, 2.45) is 5.73 Å². The first-order valence-corrected chi connectivity index (χ1v) is 10.8. The van der Waals surface area contributed by atoms with E-state index in [1.807, 2.05) is 55.5 Å². The first kappa shape index (κ1) is 28.7. The largest absolute Gasteiger partial charge is 0.445 e. The normalized spacial score (nSPS) is 10.8. The number of hydrogen-bond acceptors (Lipinski definition) is 6. The zero-order valence-corrected chi connectivity index (χ0v) is 20.2. The molecule has 1 atom stereocenters. The van der Waals surface area contributed by atoms with Gasteiger partial charge < -0.3 is 25.5 Å². The molecule has 0 unspecified atom stereocenters. The zero-order valence-electron chi connectivity index (χ0n) is 19.4. The summed E-state index contributed by atoms with van der Waals surface area (Å²) in [5.74, 6) is -0.162. The molecule has 0 bridgehead atoms. The van der Waals surface area contributed by atoms with Crippen LogP contribution in [0.15, 0.2) is 69.9 Å². The van der Waals surface area contributed by atoms with Crippen LogP contribution in [0.25, 0.3) is 11.0 Å². The molecule has 8 nitrogen and oxygen atoms in total. The summed E-state index contributed by atoms with van der Waals surface area (Å²) in [5.41, 5.74) is 7.94. The van der Waals surface area contributed by atoms with Crippen LogP contribution >= 0.6 is 12.4 Å². The molecular weight excluding hydrogens is 458 g/mol. The fourth-order valence-electron chi connectivity index (χ4n) is 3.04. The van der Waals surface area contributed by atoms with E-state index in [1.54, 1.807) is 13.1 Å². The number of nitrogens with two attached hydrogens (primary N) is 1. The lowest BCUT2D eigenvalue weighted by Crippen LogP contribution is -2.38. The van der Waals surface area contributed by atoms with E-state index in [2.05, 4.69) is 10.6 Å². The molecule has 0 radical (unpaired) electrons. The van der Waals surface area contributed by atoms with Gasteiger partial charge in [-0.3, -0.25) is 4.79 Å². The third-order valence-electron chi connectivity index (χ3n) is 4.86. The minimum Gasteiger partial charge on any atom is -0.445 e. The monoisotopic (exact) mass is 489 g/mol. The van der Waals surface area contributed by atoms with Gasteiger partial charge in [-0.1, -0.05) is 48.5 Å². The number of aryl methyl sites for hydroxylation is 1. The molecule has 3 aromatic rings. The highest BCUT2D eigenvalue weighted by Crippen LogP contribution is 2.14. The van der Waals surface area contributed by atoms with Crippen LogP contribution in [0, 0.1) is 6.92 Å². The van der Waals surface area contributed by atoms with E-state index in [1.165, 1.54) is 6.07 Å². The first-order chi connectivity index (χ1) is 15.9. The lowest BCUT2D eigenvalue weighted by atomic mass is 10.1. The quantitative estimate of drug-likeness (QED) is 0.327. The smallest absolute Gasteiger partial charge is 0.407 e. The molecule has 0 aliphatic rings. The molecule has 4 N–H and O–H groups in total. The predicted octanol–water partition coefficient (Wildman–Crippen LogP) is 3.68. The van der Waals surface area contributed by atoms with Gasteiger partial charge in [0.15, 0.2) is 0 Å². The number of carbonyl (C=O) groups excluding carboxylic acids is 2. The number of carbonyl (C=O) groups is 2. The van der Waals surface area contributed by atoms with Crippen molar-refractivity contribution < 1.29 is 18.7 Å². The van der Waals surface area contributed by atoms with Crippen molar-refractivity contribution in [3.8, 4) is 0 Å². The Bertz CT molecular complexity index is 1090. The minimum atomic E-state index is -0.486. The minimum absolute atomic E-state index is 0. The van der Waals surface area contributed by atoms with Crippen LogP contribution < -0.4 is 22.0 Å². The highest BCUT2D eigenvalue weighted by molar-refractivity contribution is 5.85. The van der Waals surface area contributed by atoms with Crippen LogP contribution in [0.3, 0.4) is 0 Å². The van der Waals surface area contributed by atoms with Gasteiger partial charge in [-0.05, 0) is 43.4 Å². The molecular formula is C25H32ClN3O5. The molecule has 1 heterocycles. The topological polar surface area (TPSA) is 124 Å². The number of likely N-dealkylation sites (N-methyl/N-ethyl adjacent to an activating group) is 1. The maximum atomic E-state index is 11.4. The van der Waals surface area contributed by atoms with Gasteiger partial charge in [-0.2, -0.15) is 0 Å². The Balaban J connectivity index is 0.000000375. The van der Waals surface area contributed by atoms with Crippen molar-refractivity contribution in [1.82, 2.24) is 10.6 Å². The fourth-order valence-corrected chi connectivity index (χ4v) is 3.04. The van der Waals surface area contributed by atoms with Gasteiger partial charge in [0.1, 0.15) is 12.2 Å². The average molecular weight is 490 g/mol. The van der Waals surface area contributed by atoms with Gasteiger partial charge in [-0.15, -0.1) is 12.4 Å². The van der Waals surface area contributed by atoms with Crippen LogP contribution in [0.4, 0.5) is 4.79 Å². The third kappa shape index (κ3) is 10.1. The molecule has 2 aromatic carbocycles. The summed E-state index contributed by atoms with van der Waals surface area (Å²) in [5, 5.41) is 6.17. The standard InChI is InChI=1S/C15H23N3O3.C10H8O2.ClH/c1-17-14(19)13(16)9-5-6-10-18-15(20)21-11-12-7-3-2-4-8-12;1-7-6-10(11)12-9-5-3-2-4-8(7)9;/h2-4,7-8,13H,5-6,9-11,16H2,1H3,(H,17,19)(H,18,20);2-6H,1H3;1H/t13-;;/m0../s1. The second-order valence-electron chi connectivity index (χ2n) is 7.45. The number of hydrogen-bond donors (Lipinski definition) is 3. The van der Waals surface area contributed by atoms with Crippen LogP contribution in [0.2, 0.25) is 0 Å². The van der Waals surface area contributed by atoms with Gasteiger partial charge in [0, 0.05) is 25.0 Å². The number of amides is 2. The molecule has 34 heavy (non-hydrogen) atoms. The number of halogens is 1. The number of alkyl carbamates (subject to hydrolysis) is 1. The summed E-state index contributed by atoms with van der Waals surface area (Å²) in [6.07, 6.45) is 1.69. The molecule has 3 rings (SSSR count). The molecule has 0 fully saturated rings. The summed E-state index contributed by atoms with van der Waals surface area (Å²) < 4.78 is 10.1. The van der Waals surface area contributed by atoms with Gasteiger partial charge in [0.2, 0.25) is 5.91 Å². The Morgan fingerprint density at radius 2 is 1.74 bits per heavy atom. The van der Waals surface area contributed by atoms with E-state index in [0.717, 1.165) is 29.4 Å². The van der Waals surface area contributed by atoms with Crippen molar-refractivity contribution in [2.75, 3.05) is 13.6 Å². The maximum Gasteiger partial charge on any atom is 0.407 e. The van der Waals surface area contributed by atoms with Crippen LogP contribution in [-0.2, 0) is 16.1 Å². The number of benzene rings is 2. The van der Waals surface area contributed by atoms with Gasteiger partial charge in [-0.25, -0.2) is 9.59 Å². The molecule has 0 aliphatic heterocycles. The number of nitrogens with one attached hydrogen (secondary N) is 2. The molecule has 0 saturated heterocycles. The van der Waals surface area contributed by atoms with Crippen LogP contribution in [-0.4, -0.2) is 31.6 Å². The van der Waals surface area contributed by atoms with Crippen LogP contribution in [0.1, 0.15) is 30.4 Å². The predicted molar refractivity (Wildman–Crippen MR) is 135 cm³/mol. The number of para-hydroxylation sites is 1. The van der Waals surface area contributed by atoms with Crippen molar-refractivity contribution in [1.29, 1.82) is 0 Å². The second-order valence-corrected chi connectivity index (χ2v) is 7.45. The summed E-state index contributed by atoms with van der Waals surface area (Å²) in [6, 6.07) is 18.0. The highest BCUT2D eigenvalue weighted by Gasteiger charge is 2.10. The fraction of sp³-hybridized carbons (Fsp3) is 0.320. The summed E-state index contributed by atoms with van der Waals surface area (Å²) in [4.78, 5) is 33.6. The summed E-state index contributed by atoms with van der Waals surface area (Å²) >= 11 is 0. The van der Waals surface area contributed by atoms with E-state index >= 15 is 0 Å². The SMILES string of the molecule is CNC(=O)[C@@H](N)CCCCNC(=O)OCc1ccccc1.Cc1cc(=O)oc2ccccc12.Cl. The third-order valence-corrected chi connectivity index (χ3v) is 4.86. The molecule has 9 heteroatoms. The van der Waals surface area contributed by atoms with Crippen molar-refractivity contribution in [3.05, 3.63) is 82.2 Å². The van der Waals surface area contributed by atoms with Gasteiger partial charge in [0.25, 0.3) is 0 Å². The van der Waals surface area contributed by atoms with Gasteiger partial charge in [0.05, 0.1) is 6.04 Å². The van der Waals surface area contributed by atoms with E-state index < -0.39 is 12.1 Å². The second kappa shape index (κ2) is 15.5. The Kier molecular flexibility index (Phi) is 13.0. The van der Waals surface area contributed by atoms with E-state index in [0.29, 0.717) is 18.5 Å². The Morgan fingerprint density at radius 3 is 2.44 bits per heavy atom. The first-order valence-electron chi connectivity index (χ1n) is 10.8. The number of fused-ring (bicyclic) bond motifs is 1. The van der Waals surface area contributed by atoms with E-state index in [-0.39, 0.29) is 30.5 Å².